The van der Waals surface area contributed by atoms with Gasteiger partial charge in [-0.15, -0.1) is 0 Å². The molecule has 3 amide bonds. The van der Waals surface area contributed by atoms with E-state index in [0.29, 0.717) is 6.54 Å². The quantitative estimate of drug-likeness (QED) is 0.828. The molecule has 1 atom stereocenters. The number of amides is 3. The van der Waals surface area contributed by atoms with Crippen LogP contribution in [0.5, 0.6) is 0 Å². The number of thioether (sulfide) groups is 1. The van der Waals surface area contributed by atoms with Gasteiger partial charge in [-0.05, 0) is 32.9 Å². The van der Waals surface area contributed by atoms with E-state index in [2.05, 4.69) is 10.2 Å². The van der Waals surface area contributed by atoms with Gasteiger partial charge in [0.15, 0.2) is 0 Å². The van der Waals surface area contributed by atoms with E-state index < -0.39 is 0 Å². The Morgan fingerprint density at radius 3 is 2.41 bits per heavy atom. The van der Waals surface area contributed by atoms with E-state index in [1.165, 1.54) is 24.2 Å². The van der Waals surface area contributed by atoms with Gasteiger partial charge >= 0.3 is 0 Å². The van der Waals surface area contributed by atoms with Gasteiger partial charge in [0.05, 0.1) is 11.8 Å². The van der Waals surface area contributed by atoms with Crippen molar-refractivity contribution in [1.29, 1.82) is 0 Å². The number of rotatable bonds is 5. The zero-order chi connectivity index (χ0) is 15.9. The fourth-order valence-corrected chi connectivity index (χ4v) is 3.61. The molecule has 0 saturated carbocycles. The molecule has 2 aliphatic rings. The lowest BCUT2D eigenvalue weighted by molar-refractivity contribution is -0.127. The summed E-state index contributed by atoms with van der Waals surface area (Å²) in [7, 11) is 0. The molecule has 0 unspecified atom stereocenters. The zero-order valence-corrected chi connectivity index (χ0v) is 14.0. The molecule has 0 aromatic heterocycles. The minimum atomic E-state index is -0.212. The van der Waals surface area contributed by atoms with Crippen molar-refractivity contribution in [2.45, 2.75) is 45.1 Å². The SMILES string of the molecule is C[C@@H](C(=O)NCCN1C(=O)CSC1=O)N1CCCCCCC1. The van der Waals surface area contributed by atoms with E-state index in [1.54, 1.807) is 0 Å². The molecule has 1 N–H and O–H groups in total. The maximum atomic E-state index is 12.2. The summed E-state index contributed by atoms with van der Waals surface area (Å²) in [6.07, 6.45) is 6.06. The lowest BCUT2D eigenvalue weighted by Gasteiger charge is -2.29. The minimum absolute atomic E-state index is 0.0210. The molecule has 2 fully saturated rings. The van der Waals surface area contributed by atoms with Crippen molar-refractivity contribution in [3.63, 3.8) is 0 Å². The van der Waals surface area contributed by atoms with Gasteiger partial charge in [-0.3, -0.25) is 24.2 Å². The summed E-state index contributed by atoms with van der Waals surface area (Å²) in [6, 6.07) is -0.155. The Kier molecular flexibility index (Phi) is 6.70. The number of hydrogen-bond donors (Lipinski definition) is 1. The van der Waals surface area contributed by atoms with Crippen LogP contribution in [0.15, 0.2) is 0 Å². The third kappa shape index (κ3) is 4.71. The molecular formula is C15H25N3O3S. The Balaban J connectivity index is 1.73. The fourth-order valence-electron chi connectivity index (χ4n) is 2.86. The zero-order valence-electron chi connectivity index (χ0n) is 13.2. The van der Waals surface area contributed by atoms with E-state index in [-0.39, 0.29) is 35.4 Å². The molecule has 0 radical (unpaired) electrons. The molecule has 0 aliphatic carbocycles. The summed E-state index contributed by atoms with van der Waals surface area (Å²) in [6.45, 7) is 4.46. The van der Waals surface area contributed by atoms with Gasteiger partial charge in [0.1, 0.15) is 0 Å². The van der Waals surface area contributed by atoms with Crippen LogP contribution in [0.1, 0.15) is 39.0 Å². The summed E-state index contributed by atoms with van der Waals surface area (Å²) in [5.41, 5.74) is 0. The van der Waals surface area contributed by atoms with Crippen molar-refractivity contribution in [3.05, 3.63) is 0 Å². The van der Waals surface area contributed by atoms with Gasteiger partial charge in [0.2, 0.25) is 11.8 Å². The van der Waals surface area contributed by atoms with Gasteiger partial charge in [0.25, 0.3) is 5.24 Å². The third-order valence-electron chi connectivity index (χ3n) is 4.29. The minimum Gasteiger partial charge on any atom is -0.353 e. The Morgan fingerprint density at radius 2 is 1.82 bits per heavy atom. The van der Waals surface area contributed by atoms with E-state index >= 15 is 0 Å². The second-order valence-corrected chi connectivity index (χ2v) is 6.80. The first-order chi connectivity index (χ1) is 10.6. The van der Waals surface area contributed by atoms with Crippen LogP contribution in [0.2, 0.25) is 0 Å². The molecule has 2 heterocycles. The lowest BCUT2D eigenvalue weighted by atomic mass is 10.1. The molecule has 6 nitrogen and oxygen atoms in total. The van der Waals surface area contributed by atoms with Gasteiger partial charge in [0, 0.05) is 13.1 Å². The summed E-state index contributed by atoms with van der Waals surface area (Å²) in [5.74, 6) is 0.0325. The van der Waals surface area contributed by atoms with Crippen molar-refractivity contribution in [3.8, 4) is 0 Å². The molecule has 22 heavy (non-hydrogen) atoms. The molecule has 0 aromatic rings. The number of likely N-dealkylation sites (tertiary alicyclic amines) is 1. The Labute approximate surface area is 136 Å². The topological polar surface area (TPSA) is 69.7 Å². The van der Waals surface area contributed by atoms with Crippen LogP contribution in [0.3, 0.4) is 0 Å². The number of imide groups is 1. The molecule has 2 rings (SSSR count). The first-order valence-corrected chi connectivity index (χ1v) is 9.07. The molecular weight excluding hydrogens is 302 g/mol. The first kappa shape index (κ1) is 17.3. The van der Waals surface area contributed by atoms with Gasteiger partial charge in [-0.25, -0.2) is 0 Å². The molecule has 0 spiro atoms. The highest BCUT2D eigenvalue weighted by Crippen LogP contribution is 2.17. The second kappa shape index (κ2) is 8.53. The average molecular weight is 327 g/mol. The van der Waals surface area contributed by atoms with Crippen LogP contribution in [-0.2, 0) is 9.59 Å². The van der Waals surface area contributed by atoms with Crippen LogP contribution in [0.25, 0.3) is 0 Å². The third-order valence-corrected chi connectivity index (χ3v) is 5.15. The number of hydrogen-bond acceptors (Lipinski definition) is 5. The predicted molar refractivity (Wildman–Crippen MR) is 86.7 cm³/mol. The van der Waals surface area contributed by atoms with Crippen molar-refractivity contribution >= 4 is 28.8 Å². The normalized spacial score (nSPS) is 22.3. The highest BCUT2D eigenvalue weighted by Gasteiger charge is 2.29. The van der Waals surface area contributed by atoms with Crippen LogP contribution < -0.4 is 5.32 Å². The van der Waals surface area contributed by atoms with Crippen molar-refractivity contribution in [1.82, 2.24) is 15.1 Å². The van der Waals surface area contributed by atoms with E-state index in [1.807, 2.05) is 6.92 Å². The summed E-state index contributed by atoms with van der Waals surface area (Å²) < 4.78 is 0. The predicted octanol–water partition coefficient (Wildman–Crippen LogP) is 1.45. The summed E-state index contributed by atoms with van der Waals surface area (Å²) in [4.78, 5) is 38.6. The van der Waals surface area contributed by atoms with Crippen LogP contribution >= 0.6 is 11.8 Å². The molecule has 2 aliphatic heterocycles. The second-order valence-electron chi connectivity index (χ2n) is 5.87. The maximum Gasteiger partial charge on any atom is 0.288 e. The van der Waals surface area contributed by atoms with Crippen molar-refractivity contribution < 1.29 is 14.4 Å². The molecule has 0 aromatic carbocycles. The van der Waals surface area contributed by atoms with Crippen LogP contribution in [-0.4, -0.2) is 64.8 Å². The number of nitrogens with one attached hydrogen (secondary N) is 1. The molecule has 7 heteroatoms. The van der Waals surface area contributed by atoms with Gasteiger partial charge in [-0.1, -0.05) is 31.0 Å². The summed E-state index contributed by atoms with van der Waals surface area (Å²) in [5, 5.41) is 2.64. The van der Waals surface area contributed by atoms with E-state index in [4.69, 9.17) is 0 Å². The number of carbonyl (C=O) groups excluding carboxylic acids is 3. The van der Waals surface area contributed by atoms with Crippen molar-refractivity contribution in [2.24, 2.45) is 0 Å². The molecule has 124 valence electrons. The number of nitrogens with zero attached hydrogens (tertiary/aromatic N) is 2. The van der Waals surface area contributed by atoms with Crippen LogP contribution in [0.4, 0.5) is 4.79 Å². The molecule has 2 saturated heterocycles. The Morgan fingerprint density at radius 1 is 1.18 bits per heavy atom. The van der Waals surface area contributed by atoms with Crippen molar-refractivity contribution in [2.75, 3.05) is 31.9 Å². The maximum absolute atomic E-state index is 12.2. The highest BCUT2D eigenvalue weighted by atomic mass is 32.2. The lowest BCUT2D eigenvalue weighted by Crippen LogP contribution is -2.48. The van der Waals surface area contributed by atoms with Gasteiger partial charge < -0.3 is 5.32 Å². The van der Waals surface area contributed by atoms with E-state index in [9.17, 15) is 14.4 Å². The largest absolute Gasteiger partial charge is 0.353 e. The van der Waals surface area contributed by atoms with Crippen LogP contribution in [0, 0.1) is 0 Å². The smallest absolute Gasteiger partial charge is 0.288 e. The average Bonchev–Trinajstić information content (AvgIpc) is 2.78. The standard InChI is InChI=1S/C15H25N3O3S/c1-12(17-8-5-3-2-4-6-9-17)14(20)16-7-10-18-13(19)11-22-15(18)21/h12H,2-11H2,1H3,(H,16,20)/t12-/m0/s1. The fraction of sp³-hybridized carbons (Fsp3) is 0.800. The first-order valence-electron chi connectivity index (χ1n) is 8.08. The molecule has 0 bridgehead atoms. The van der Waals surface area contributed by atoms with Gasteiger partial charge in [-0.2, -0.15) is 0 Å². The Hall–Kier alpha value is -1.08. The van der Waals surface area contributed by atoms with E-state index in [0.717, 1.165) is 37.7 Å². The highest BCUT2D eigenvalue weighted by molar-refractivity contribution is 8.14. The number of carbonyl (C=O) groups is 3. The monoisotopic (exact) mass is 327 g/mol. The summed E-state index contributed by atoms with van der Waals surface area (Å²) >= 11 is 1.02. The Bertz CT molecular complexity index is 406.